The number of rotatable bonds is 5. The van der Waals surface area contributed by atoms with E-state index in [0.717, 1.165) is 5.56 Å². The third-order valence-corrected chi connectivity index (χ3v) is 3.98. The normalized spacial score (nSPS) is 10.5. The summed E-state index contributed by atoms with van der Waals surface area (Å²) in [6.45, 7) is 1.49. The molecule has 0 aliphatic rings. The van der Waals surface area contributed by atoms with Gasteiger partial charge in [-0.2, -0.15) is 0 Å². The lowest BCUT2D eigenvalue weighted by atomic mass is 10.1. The number of benzene rings is 2. The summed E-state index contributed by atoms with van der Waals surface area (Å²) in [5.74, 6) is 0.159. The molecule has 7 heteroatoms. The van der Waals surface area contributed by atoms with Crippen molar-refractivity contribution in [1.29, 1.82) is 0 Å². The molecule has 1 heterocycles. The molecule has 0 saturated heterocycles. The van der Waals surface area contributed by atoms with E-state index in [0.29, 0.717) is 22.7 Å². The summed E-state index contributed by atoms with van der Waals surface area (Å²) in [7, 11) is 0. The summed E-state index contributed by atoms with van der Waals surface area (Å²) in [5.41, 5.74) is 1.93. The molecule has 0 atom stereocenters. The van der Waals surface area contributed by atoms with Crippen LogP contribution in [0.15, 0.2) is 53.3 Å². The van der Waals surface area contributed by atoms with Crippen LogP contribution in [-0.4, -0.2) is 21.0 Å². The van der Waals surface area contributed by atoms with Gasteiger partial charge in [0.15, 0.2) is 5.78 Å². The number of nitrogens with zero attached hydrogens (tertiary/aromatic N) is 2. The highest BCUT2D eigenvalue weighted by Crippen LogP contribution is 2.17. The van der Waals surface area contributed by atoms with Crippen molar-refractivity contribution in [2.45, 2.75) is 13.3 Å². The van der Waals surface area contributed by atoms with Gasteiger partial charge in [-0.1, -0.05) is 41.9 Å². The summed E-state index contributed by atoms with van der Waals surface area (Å²) >= 11 is 6.11. The Balaban J connectivity index is 1.80. The number of hydrogen-bond donors (Lipinski definition) is 2. The van der Waals surface area contributed by atoms with Crippen molar-refractivity contribution < 1.29 is 4.79 Å². The minimum Gasteiger partial charge on any atom is -0.324 e. The topological polar surface area (TPSA) is 87.7 Å². The molecule has 0 saturated carbocycles. The van der Waals surface area contributed by atoms with Gasteiger partial charge in [-0.15, -0.1) is 10.2 Å². The third kappa shape index (κ3) is 4.10. The number of carbonyl (C=O) groups excluding carboxylic acids is 1. The molecule has 0 fully saturated rings. The zero-order valence-corrected chi connectivity index (χ0v) is 14.2. The maximum Gasteiger partial charge on any atom is 0.274 e. The van der Waals surface area contributed by atoms with Crippen molar-refractivity contribution in [2.24, 2.45) is 0 Å². The van der Waals surface area contributed by atoms with Crippen LogP contribution in [0.1, 0.15) is 28.5 Å². The monoisotopic (exact) mass is 354 g/mol. The first kappa shape index (κ1) is 16.9. The first-order valence-corrected chi connectivity index (χ1v) is 7.98. The van der Waals surface area contributed by atoms with Crippen LogP contribution >= 0.6 is 11.6 Å². The Morgan fingerprint density at radius 3 is 2.68 bits per heavy atom. The maximum absolute atomic E-state index is 12.2. The molecule has 3 rings (SSSR count). The molecular formula is C18H15ClN4O2. The first-order chi connectivity index (χ1) is 12.0. The zero-order valence-electron chi connectivity index (χ0n) is 13.4. The Morgan fingerprint density at radius 1 is 1.16 bits per heavy atom. The molecule has 1 aromatic heterocycles. The summed E-state index contributed by atoms with van der Waals surface area (Å²) in [6.07, 6.45) is 0.294. The second kappa shape index (κ2) is 7.27. The van der Waals surface area contributed by atoms with Gasteiger partial charge in [-0.25, -0.2) is 0 Å². The number of nitrogens with one attached hydrogen (secondary N) is 2. The lowest BCUT2D eigenvalue weighted by Crippen LogP contribution is -2.19. The van der Waals surface area contributed by atoms with E-state index < -0.39 is 0 Å². The van der Waals surface area contributed by atoms with E-state index in [1.54, 1.807) is 30.3 Å². The number of ketones is 1. The average Bonchev–Trinajstić information content (AvgIpc) is 2.59. The van der Waals surface area contributed by atoms with E-state index in [9.17, 15) is 9.59 Å². The minimum atomic E-state index is -0.347. The van der Waals surface area contributed by atoms with Crippen LogP contribution in [0.2, 0.25) is 5.02 Å². The molecule has 0 aliphatic heterocycles. The highest BCUT2D eigenvalue weighted by molar-refractivity contribution is 6.31. The molecule has 2 aromatic carbocycles. The molecule has 0 radical (unpaired) electrons. The number of halogens is 1. The van der Waals surface area contributed by atoms with E-state index in [-0.39, 0.29) is 23.0 Å². The zero-order chi connectivity index (χ0) is 17.8. The smallest absolute Gasteiger partial charge is 0.274 e. The lowest BCUT2D eigenvalue weighted by Gasteiger charge is -2.07. The predicted octanol–water partition coefficient (Wildman–Crippen LogP) is 3.36. The Bertz CT molecular complexity index is 985. The second-order valence-corrected chi connectivity index (χ2v) is 5.89. The number of H-pyrrole nitrogens is 1. The van der Waals surface area contributed by atoms with Crippen LogP contribution in [0.5, 0.6) is 0 Å². The Kier molecular flexibility index (Phi) is 4.90. The molecule has 25 heavy (non-hydrogen) atoms. The van der Waals surface area contributed by atoms with Gasteiger partial charge in [0, 0.05) is 22.7 Å². The van der Waals surface area contributed by atoms with Gasteiger partial charge < -0.3 is 5.32 Å². The van der Waals surface area contributed by atoms with Crippen LogP contribution in [0.25, 0.3) is 0 Å². The molecule has 0 bridgehead atoms. The van der Waals surface area contributed by atoms with Crippen molar-refractivity contribution in [2.75, 3.05) is 5.32 Å². The van der Waals surface area contributed by atoms with E-state index in [4.69, 9.17) is 11.6 Å². The number of carbonyl (C=O) groups is 1. The number of hydrogen-bond acceptors (Lipinski definition) is 5. The van der Waals surface area contributed by atoms with Crippen LogP contribution in [0.3, 0.4) is 0 Å². The number of aromatic amines is 1. The molecule has 126 valence electrons. The molecule has 3 aromatic rings. The van der Waals surface area contributed by atoms with Gasteiger partial charge in [0.25, 0.3) is 5.56 Å². The predicted molar refractivity (Wildman–Crippen MR) is 96.6 cm³/mol. The molecule has 0 amide bonds. The van der Waals surface area contributed by atoms with Crippen molar-refractivity contribution in [3.05, 3.63) is 80.7 Å². The number of anilines is 2. The second-order valence-electron chi connectivity index (χ2n) is 5.48. The van der Waals surface area contributed by atoms with Gasteiger partial charge in [0.1, 0.15) is 5.69 Å². The number of aromatic nitrogens is 3. The SMILES string of the molecule is CC(=O)c1cccc(Nc2nnc(Cc3ccccc3Cl)c(=O)[nH]2)c1. The van der Waals surface area contributed by atoms with Crippen LogP contribution < -0.4 is 10.9 Å². The van der Waals surface area contributed by atoms with Crippen LogP contribution in [0.4, 0.5) is 11.6 Å². The summed E-state index contributed by atoms with van der Waals surface area (Å²) in [4.78, 5) is 26.3. The van der Waals surface area contributed by atoms with Crippen molar-refractivity contribution in [1.82, 2.24) is 15.2 Å². The fourth-order valence-electron chi connectivity index (χ4n) is 2.31. The average molecular weight is 355 g/mol. The standard InChI is InChI=1S/C18H15ClN4O2/c1-11(24)12-6-4-7-14(9-12)20-18-21-17(25)16(22-23-18)10-13-5-2-3-8-15(13)19/h2-9H,10H2,1H3,(H2,20,21,23,25). The van der Waals surface area contributed by atoms with Crippen LogP contribution in [0, 0.1) is 0 Å². The van der Waals surface area contributed by atoms with E-state index in [2.05, 4.69) is 20.5 Å². The van der Waals surface area contributed by atoms with E-state index >= 15 is 0 Å². The largest absolute Gasteiger partial charge is 0.324 e. The van der Waals surface area contributed by atoms with Crippen molar-refractivity contribution in [3.8, 4) is 0 Å². The summed E-state index contributed by atoms with van der Waals surface area (Å²) < 4.78 is 0. The van der Waals surface area contributed by atoms with E-state index in [1.165, 1.54) is 6.92 Å². The Labute approximate surface area is 148 Å². The van der Waals surface area contributed by atoms with Crippen molar-refractivity contribution >= 4 is 29.0 Å². The third-order valence-electron chi connectivity index (χ3n) is 3.61. The Morgan fingerprint density at radius 2 is 1.96 bits per heavy atom. The quantitative estimate of drug-likeness (QED) is 0.686. The highest BCUT2D eigenvalue weighted by Gasteiger charge is 2.09. The van der Waals surface area contributed by atoms with E-state index in [1.807, 2.05) is 18.2 Å². The minimum absolute atomic E-state index is 0.0432. The molecule has 6 nitrogen and oxygen atoms in total. The van der Waals surface area contributed by atoms with Gasteiger partial charge in [-0.05, 0) is 30.7 Å². The molecular weight excluding hydrogens is 340 g/mol. The molecule has 2 N–H and O–H groups in total. The maximum atomic E-state index is 12.2. The fourth-order valence-corrected chi connectivity index (χ4v) is 2.51. The Hall–Kier alpha value is -2.99. The molecule has 0 aliphatic carbocycles. The van der Waals surface area contributed by atoms with Gasteiger partial charge in [0.2, 0.25) is 5.95 Å². The molecule has 0 unspecified atom stereocenters. The summed E-state index contributed by atoms with van der Waals surface area (Å²) in [6, 6.07) is 14.2. The first-order valence-electron chi connectivity index (χ1n) is 7.60. The fraction of sp³-hybridized carbons (Fsp3) is 0.111. The summed E-state index contributed by atoms with van der Waals surface area (Å²) in [5, 5.41) is 11.5. The van der Waals surface area contributed by atoms with Crippen LogP contribution in [-0.2, 0) is 6.42 Å². The molecule has 0 spiro atoms. The van der Waals surface area contributed by atoms with Gasteiger partial charge in [0.05, 0.1) is 0 Å². The van der Waals surface area contributed by atoms with Crippen molar-refractivity contribution in [3.63, 3.8) is 0 Å². The lowest BCUT2D eigenvalue weighted by molar-refractivity contribution is 0.101. The van der Waals surface area contributed by atoms with Gasteiger partial charge in [-0.3, -0.25) is 14.6 Å². The van der Waals surface area contributed by atoms with Gasteiger partial charge >= 0.3 is 0 Å². The number of Topliss-reactive ketones (excluding diaryl/α,β-unsaturated/α-hetero) is 1. The highest BCUT2D eigenvalue weighted by atomic mass is 35.5.